The SMILES string of the molecule is CCS(=O)(=O)Oc1cc(CN(C(=O)NC23CC4CC(CC(C4)C2)C3)C(C)C)ccc1OC. The van der Waals surface area contributed by atoms with E-state index in [0.717, 1.165) is 42.6 Å². The Labute approximate surface area is 192 Å². The normalized spacial score (nSPS) is 28.6. The molecule has 0 unspecified atom stereocenters. The van der Waals surface area contributed by atoms with E-state index in [9.17, 15) is 13.2 Å². The highest BCUT2D eigenvalue weighted by atomic mass is 32.2. The van der Waals surface area contributed by atoms with E-state index in [4.69, 9.17) is 8.92 Å². The van der Waals surface area contributed by atoms with Crippen molar-refractivity contribution in [1.29, 1.82) is 0 Å². The van der Waals surface area contributed by atoms with Gasteiger partial charge in [0.05, 0.1) is 12.9 Å². The van der Waals surface area contributed by atoms with Gasteiger partial charge in [0, 0.05) is 18.1 Å². The van der Waals surface area contributed by atoms with Crippen molar-refractivity contribution in [3.63, 3.8) is 0 Å². The van der Waals surface area contributed by atoms with Gasteiger partial charge in [0.25, 0.3) is 0 Å². The number of hydrogen-bond donors (Lipinski definition) is 1. The lowest BCUT2D eigenvalue weighted by Crippen LogP contribution is -2.62. The molecule has 4 fully saturated rings. The third kappa shape index (κ3) is 4.85. The number of rotatable bonds is 8. The summed E-state index contributed by atoms with van der Waals surface area (Å²) in [5, 5.41) is 3.45. The number of ether oxygens (including phenoxy) is 1. The maximum atomic E-state index is 13.4. The number of amides is 2. The van der Waals surface area contributed by atoms with Gasteiger partial charge < -0.3 is 19.1 Å². The van der Waals surface area contributed by atoms with Gasteiger partial charge >= 0.3 is 16.1 Å². The maximum Gasteiger partial charge on any atom is 0.318 e. The van der Waals surface area contributed by atoms with Gasteiger partial charge in [0.2, 0.25) is 0 Å². The Morgan fingerprint density at radius 1 is 1.12 bits per heavy atom. The average molecular weight is 465 g/mol. The van der Waals surface area contributed by atoms with Crippen molar-refractivity contribution in [3.05, 3.63) is 23.8 Å². The number of benzene rings is 1. The fourth-order valence-corrected chi connectivity index (χ4v) is 6.85. The van der Waals surface area contributed by atoms with E-state index in [1.165, 1.54) is 33.3 Å². The van der Waals surface area contributed by atoms with Crippen LogP contribution in [0.25, 0.3) is 0 Å². The van der Waals surface area contributed by atoms with Crippen LogP contribution in [0, 0.1) is 17.8 Å². The van der Waals surface area contributed by atoms with Gasteiger partial charge in [-0.15, -0.1) is 0 Å². The van der Waals surface area contributed by atoms with Crippen LogP contribution in [0.2, 0.25) is 0 Å². The number of nitrogens with zero attached hydrogens (tertiary/aromatic N) is 1. The van der Waals surface area contributed by atoms with Gasteiger partial charge in [-0.25, -0.2) is 4.79 Å². The Morgan fingerprint density at radius 2 is 1.72 bits per heavy atom. The Kier molecular flexibility index (Phi) is 6.36. The second kappa shape index (κ2) is 8.76. The second-order valence-electron chi connectivity index (χ2n) is 10.3. The Hall–Kier alpha value is -1.96. The van der Waals surface area contributed by atoms with Gasteiger partial charge in [0.1, 0.15) is 0 Å². The Balaban J connectivity index is 1.50. The van der Waals surface area contributed by atoms with Gasteiger partial charge in [-0.05, 0) is 94.7 Å². The molecule has 178 valence electrons. The fourth-order valence-electron chi connectivity index (χ4n) is 6.33. The number of carbonyl (C=O) groups is 1. The minimum absolute atomic E-state index is 0.00485. The average Bonchev–Trinajstić information content (AvgIpc) is 2.70. The third-order valence-electron chi connectivity index (χ3n) is 7.45. The molecule has 0 spiro atoms. The molecule has 0 aromatic heterocycles. The van der Waals surface area contributed by atoms with Crippen molar-refractivity contribution < 1.29 is 22.1 Å². The van der Waals surface area contributed by atoms with E-state index in [1.54, 1.807) is 12.1 Å². The molecule has 1 N–H and O–H groups in total. The van der Waals surface area contributed by atoms with E-state index >= 15 is 0 Å². The summed E-state index contributed by atoms with van der Waals surface area (Å²) in [5.74, 6) is 2.64. The minimum Gasteiger partial charge on any atom is -0.493 e. The zero-order valence-electron chi connectivity index (χ0n) is 19.6. The molecule has 1 aromatic carbocycles. The van der Waals surface area contributed by atoms with Gasteiger partial charge in [-0.1, -0.05) is 6.07 Å². The fraction of sp³-hybridized carbons (Fsp3) is 0.708. The molecule has 4 aliphatic rings. The lowest BCUT2D eigenvalue weighted by atomic mass is 9.53. The molecule has 4 bridgehead atoms. The lowest BCUT2D eigenvalue weighted by Gasteiger charge is -2.57. The van der Waals surface area contributed by atoms with Crippen LogP contribution in [0.3, 0.4) is 0 Å². The first kappa shape index (κ1) is 23.2. The maximum absolute atomic E-state index is 13.4. The van der Waals surface area contributed by atoms with E-state index in [1.807, 2.05) is 24.8 Å². The summed E-state index contributed by atoms with van der Waals surface area (Å²) in [6.07, 6.45) is 7.30. The van der Waals surface area contributed by atoms with Crippen LogP contribution in [-0.2, 0) is 16.7 Å². The van der Waals surface area contributed by atoms with E-state index in [2.05, 4.69) is 5.32 Å². The summed E-state index contributed by atoms with van der Waals surface area (Å²) in [4.78, 5) is 15.2. The van der Waals surface area contributed by atoms with Crippen molar-refractivity contribution in [2.45, 2.75) is 77.4 Å². The highest BCUT2D eigenvalue weighted by Crippen LogP contribution is 2.55. The first-order valence-electron chi connectivity index (χ1n) is 11.8. The van der Waals surface area contributed by atoms with Crippen molar-refractivity contribution in [1.82, 2.24) is 10.2 Å². The molecular formula is C24H36N2O5S. The van der Waals surface area contributed by atoms with Gasteiger partial charge in [-0.2, -0.15) is 8.42 Å². The monoisotopic (exact) mass is 464 g/mol. The molecule has 0 aliphatic heterocycles. The molecule has 0 saturated heterocycles. The molecule has 0 radical (unpaired) electrons. The zero-order valence-corrected chi connectivity index (χ0v) is 20.4. The van der Waals surface area contributed by atoms with Crippen LogP contribution in [0.5, 0.6) is 11.5 Å². The van der Waals surface area contributed by atoms with Crippen molar-refractivity contribution >= 4 is 16.1 Å². The summed E-state index contributed by atoms with van der Waals surface area (Å²) in [7, 11) is -2.21. The van der Waals surface area contributed by atoms with Crippen LogP contribution in [-0.4, -0.2) is 43.8 Å². The molecule has 7 nitrogen and oxygen atoms in total. The topological polar surface area (TPSA) is 84.9 Å². The number of urea groups is 1. The standard InChI is InChI=1S/C24H36N2O5S/c1-5-32(28,29)31-22-11-17(6-7-21(22)30-4)15-26(16(2)3)23(27)25-24-12-18-8-19(13-24)10-20(9-18)14-24/h6-7,11,16,18-20H,5,8-10,12-15H2,1-4H3,(H,25,27). The molecule has 0 heterocycles. The smallest absolute Gasteiger partial charge is 0.318 e. The predicted octanol–water partition coefficient (Wildman–Crippen LogP) is 4.31. The second-order valence-corrected chi connectivity index (χ2v) is 12.1. The predicted molar refractivity (Wildman–Crippen MR) is 123 cm³/mol. The van der Waals surface area contributed by atoms with Crippen LogP contribution < -0.4 is 14.2 Å². The first-order chi connectivity index (χ1) is 15.1. The van der Waals surface area contributed by atoms with Crippen LogP contribution in [0.4, 0.5) is 4.79 Å². The quantitative estimate of drug-likeness (QED) is 0.580. The van der Waals surface area contributed by atoms with E-state index in [0.29, 0.717) is 12.3 Å². The van der Waals surface area contributed by atoms with Crippen LogP contribution >= 0.6 is 0 Å². The third-order valence-corrected chi connectivity index (χ3v) is 8.59. The summed E-state index contributed by atoms with van der Waals surface area (Å²) in [6.45, 7) is 5.90. The molecule has 8 heteroatoms. The number of nitrogens with one attached hydrogen (secondary N) is 1. The molecule has 4 saturated carbocycles. The minimum atomic E-state index is -3.69. The summed E-state index contributed by atoms with van der Waals surface area (Å²) < 4.78 is 34.5. The van der Waals surface area contributed by atoms with Crippen LogP contribution in [0.1, 0.15) is 64.9 Å². The highest BCUT2D eigenvalue weighted by Gasteiger charge is 2.51. The highest BCUT2D eigenvalue weighted by molar-refractivity contribution is 7.87. The largest absolute Gasteiger partial charge is 0.493 e. The number of carbonyl (C=O) groups excluding carboxylic acids is 1. The molecule has 5 rings (SSSR count). The zero-order chi connectivity index (χ0) is 23.1. The molecular weight excluding hydrogens is 428 g/mol. The molecule has 2 amide bonds. The summed E-state index contributed by atoms with van der Waals surface area (Å²) in [5.41, 5.74) is 0.740. The molecule has 1 aromatic rings. The van der Waals surface area contributed by atoms with Gasteiger partial charge in [-0.3, -0.25) is 0 Å². The Bertz CT molecular complexity index is 924. The van der Waals surface area contributed by atoms with Crippen molar-refractivity contribution in [2.24, 2.45) is 17.8 Å². The molecule has 32 heavy (non-hydrogen) atoms. The summed E-state index contributed by atoms with van der Waals surface area (Å²) >= 11 is 0. The van der Waals surface area contributed by atoms with Crippen LogP contribution in [0.15, 0.2) is 18.2 Å². The Morgan fingerprint density at radius 3 is 2.22 bits per heavy atom. The molecule has 0 atom stereocenters. The van der Waals surface area contributed by atoms with E-state index < -0.39 is 10.1 Å². The molecule has 4 aliphatic carbocycles. The number of hydrogen-bond acceptors (Lipinski definition) is 5. The lowest BCUT2D eigenvalue weighted by molar-refractivity contribution is -0.0163. The van der Waals surface area contributed by atoms with E-state index in [-0.39, 0.29) is 29.1 Å². The first-order valence-corrected chi connectivity index (χ1v) is 13.4. The summed E-state index contributed by atoms with van der Waals surface area (Å²) in [6, 6.07) is 5.14. The number of methoxy groups -OCH3 is 1. The van der Waals surface area contributed by atoms with Crippen molar-refractivity contribution in [3.8, 4) is 11.5 Å². The van der Waals surface area contributed by atoms with Crippen molar-refractivity contribution in [2.75, 3.05) is 12.9 Å². The van der Waals surface area contributed by atoms with Gasteiger partial charge in [0.15, 0.2) is 11.5 Å².